The second-order valence-electron chi connectivity index (χ2n) is 5.09. The van der Waals surface area contributed by atoms with Crippen LogP contribution in [0.1, 0.15) is 30.0 Å². The van der Waals surface area contributed by atoms with Crippen molar-refractivity contribution < 1.29 is 8.91 Å². The lowest BCUT2D eigenvalue weighted by molar-refractivity contribution is 0.199. The fraction of sp³-hybridized carbons (Fsp3) is 0.400. The van der Waals surface area contributed by atoms with Gasteiger partial charge in [-0.25, -0.2) is 4.39 Å². The van der Waals surface area contributed by atoms with Gasteiger partial charge >= 0.3 is 0 Å². The first-order valence-corrected chi connectivity index (χ1v) is 6.68. The lowest BCUT2D eigenvalue weighted by Crippen LogP contribution is -2.32. The smallest absolute Gasteiger partial charge is 0.124 e. The lowest BCUT2D eigenvalue weighted by atomic mass is 9.89. The van der Waals surface area contributed by atoms with Gasteiger partial charge in [-0.05, 0) is 49.5 Å². The predicted octanol–water partition coefficient (Wildman–Crippen LogP) is 3.19. The number of piperidine rings is 1. The van der Waals surface area contributed by atoms with Crippen molar-refractivity contribution in [3.05, 3.63) is 53.7 Å². The van der Waals surface area contributed by atoms with E-state index in [1.165, 1.54) is 5.56 Å². The number of halogens is 1. The fourth-order valence-electron chi connectivity index (χ4n) is 2.71. The van der Waals surface area contributed by atoms with Crippen LogP contribution in [0, 0.1) is 5.82 Å². The van der Waals surface area contributed by atoms with Crippen molar-refractivity contribution >= 4 is 0 Å². The summed E-state index contributed by atoms with van der Waals surface area (Å²) in [7, 11) is 0. The van der Waals surface area contributed by atoms with Crippen molar-refractivity contribution in [2.75, 3.05) is 13.1 Å². The van der Waals surface area contributed by atoms with E-state index in [-0.39, 0.29) is 5.82 Å². The van der Waals surface area contributed by atoms with Crippen LogP contribution in [0.3, 0.4) is 0 Å². The molecule has 2 heterocycles. The highest BCUT2D eigenvalue weighted by atomic mass is 19.1. The highest BCUT2D eigenvalue weighted by Gasteiger charge is 2.21. The molecule has 0 aliphatic carbocycles. The van der Waals surface area contributed by atoms with Gasteiger partial charge in [-0.2, -0.15) is 0 Å². The highest BCUT2D eigenvalue weighted by Crippen LogP contribution is 2.28. The summed E-state index contributed by atoms with van der Waals surface area (Å²) < 4.78 is 17.7. The molecule has 0 atom stereocenters. The van der Waals surface area contributed by atoms with Crippen molar-refractivity contribution in [3.8, 4) is 0 Å². The molecule has 0 bridgehead atoms. The monoisotopic (exact) mass is 260 g/mol. The van der Waals surface area contributed by atoms with Crippen LogP contribution in [0.4, 0.5) is 4.39 Å². The summed E-state index contributed by atoms with van der Waals surface area (Å²) in [6.45, 7) is 2.95. The molecule has 1 aliphatic rings. The molecule has 3 rings (SSSR count). The molecule has 0 amide bonds. The van der Waals surface area contributed by atoms with E-state index in [0.29, 0.717) is 5.92 Å². The topological polar surface area (TPSA) is 29.3 Å². The Bertz CT molecular complexity index is 501. The maximum Gasteiger partial charge on any atom is 0.124 e. The SMILES string of the molecule is Fc1ccc(C2CCN(Cc3ccon3)CC2)cc1. The first-order valence-electron chi connectivity index (χ1n) is 6.68. The Morgan fingerprint density at radius 3 is 2.53 bits per heavy atom. The minimum Gasteiger partial charge on any atom is -0.364 e. The zero-order chi connectivity index (χ0) is 13.1. The first-order chi connectivity index (χ1) is 9.31. The van der Waals surface area contributed by atoms with Crippen LogP contribution in [0.5, 0.6) is 0 Å². The fourth-order valence-corrected chi connectivity index (χ4v) is 2.71. The Kier molecular flexibility index (Phi) is 3.60. The second kappa shape index (κ2) is 5.53. The van der Waals surface area contributed by atoms with E-state index in [4.69, 9.17) is 4.52 Å². The summed E-state index contributed by atoms with van der Waals surface area (Å²) in [5.41, 5.74) is 2.24. The molecule has 3 nitrogen and oxygen atoms in total. The summed E-state index contributed by atoms with van der Waals surface area (Å²) in [5, 5.41) is 3.94. The summed E-state index contributed by atoms with van der Waals surface area (Å²) in [6.07, 6.45) is 3.84. The molecule has 2 aromatic rings. The highest BCUT2D eigenvalue weighted by molar-refractivity contribution is 5.21. The molecule has 1 aliphatic heterocycles. The molecular formula is C15H17FN2O. The van der Waals surface area contributed by atoms with Crippen LogP contribution in [0.2, 0.25) is 0 Å². The average molecular weight is 260 g/mol. The summed E-state index contributed by atoms with van der Waals surface area (Å²) in [4.78, 5) is 2.39. The second-order valence-corrected chi connectivity index (χ2v) is 5.09. The molecule has 0 N–H and O–H groups in total. The molecule has 0 unspecified atom stereocenters. The van der Waals surface area contributed by atoms with Crippen molar-refractivity contribution in [3.63, 3.8) is 0 Å². The van der Waals surface area contributed by atoms with Gasteiger partial charge in [-0.15, -0.1) is 0 Å². The summed E-state index contributed by atoms with van der Waals surface area (Å²) in [6, 6.07) is 8.83. The third kappa shape index (κ3) is 3.01. The Labute approximate surface area is 112 Å². The number of hydrogen-bond acceptors (Lipinski definition) is 3. The van der Waals surface area contributed by atoms with Crippen molar-refractivity contribution in [2.24, 2.45) is 0 Å². The molecular weight excluding hydrogens is 243 g/mol. The summed E-state index contributed by atoms with van der Waals surface area (Å²) in [5.74, 6) is 0.390. The molecule has 1 aromatic heterocycles. The van der Waals surface area contributed by atoms with Gasteiger partial charge in [0, 0.05) is 12.6 Å². The predicted molar refractivity (Wildman–Crippen MR) is 70.2 cm³/mol. The van der Waals surface area contributed by atoms with E-state index in [9.17, 15) is 4.39 Å². The maximum absolute atomic E-state index is 12.9. The first kappa shape index (κ1) is 12.4. The average Bonchev–Trinajstić information content (AvgIpc) is 2.94. The summed E-state index contributed by atoms with van der Waals surface area (Å²) >= 11 is 0. The molecule has 0 spiro atoms. The third-order valence-corrected chi connectivity index (χ3v) is 3.81. The lowest BCUT2D eigenvalue weighted by Gasteiger charge is -2.31. The molecule has 1 fully saturated rings. The number of benzene rings is 1. The van der Waals surface area contributed by atoms with Crippen LogP contribution in [0.25, 0.3) is 0 Å². The van der Waals surface area contributed by atoms with E-state index >= 15 is 0 Å². The van der Waals surface area contributed by atoms with Gasteiger partial charge in [0.05, 0.1) is 5.69 Å². The normalized spacial score (nSPS) is 17.7. The third-order valence-electron chi connectivity index (χ3n) is 3.81. The van der Waals surface area contributed by atoms with Gasteiger partial charge in [0.2, 0.25) is 0 Å². The number of likely N-dealkylation sites (tertiary alicyclic amines) is 1. The van der Waals surface area contributed by atoms with Crippen molar-refractivity contribution in [2.45, 2.75) is 25.3 Å². The van der Waals surface area contributed by atoms with E-state index in [2.05, 4.69) is 10.1 Å². The van der Waals surface area contributed by atoms with Crippen LogP contribution in [-0.2, 0) is 6.54 Å². The Morgan fingerprint density at radius 1 is 1.16 bits per heavy atom. The van der Waals surface area contributed by atoms with Gasteiger partial charge in [0.15, 0.2) is 0 Å². The number of aromatic nitrogens is 1. The molecule has 100 valence electrons. The zero-order valence-corrected chi connectivity index (χ0v) is 10.8. The standard InChI is InChI=1S/C15H17FN2O/c16-14-3-1-12(2-4-14)13-5-8-18(9-6-13)11-15-7-10-19-17-15/h1-4,7,10,13H,5-6,8-9,11H2. The van der Waals surface area contributed by atoms with Gasteiger partial charge in [-0.3, -0.25) is 4.90 Å². The van der Waals surface area contributed by atoms with Gasteiger partial charge in [0.1, 0.15) is 12.1 Å². The van der Waals surface area contributed by atoms with E-state index in [0.717, 1.165) is 38.2 Å². The molecule has 0 saturated carbocycles. The van der Waals surface area contributed by atoms with Crippen LogP contribution in [0.15, 0.2) is 41.1 Å². The number of nitrogens with zero attached hydrogens (tertiary/aromatic N) is 2. The van der Waals surface area contributed by atoms with E-state index < -0.39 is 0 Å². The molecule has 1 saturated heterocycles. The Hall–Kier alpha value is -1.68. The van der Waals surface area contributed by atoms with Crippen molar-refractivity contribution in [1.29, 1.82) is 0 Å². The molecule has 1 aromatic carbocycles. The molecule has 19 heavy (non-hydrogen) atoms. The van der Waals surface area contributed by atoms with E-state index in [1.807, 2.05) is 18.2 Å². The van der Waals surface area contributed by atoms with Crippen LogP contribution < -0.4 is 0 Å². The Morgan fingerprint density at radius 2 is 1.89 bits per heavy atom. The van der Waals surface area contributed by atoms with Crippen LogP contribution in [-0.4, -0.2) is 23.1 Å². The minimum absolute atomic E-state index is 0.160. The van der Waals surface area contributed by atoms with Gasteiger partial charge in [-0.1, -0.05) is 17.3 Å². The number of hydrogen-bond donors (Lipinski definition) is 0. The Balaban J connectivity index is 1.56. The van der Waals surface area contributed by atoms with E-state index in [1.54, 1.807) is 18.4 Å². The maximum atomic E-state index is 12.9. The minimum atomic E-state index is -0.160. The van der Waals surface area contributed by atoms with Crippen LogP contribution >= 0.6 is 0 Å². The molecule has 0 radical (unpaired) electrons. The number of rotatable bonds is 3. The zero-order valence-electron chi connectivity index (χ0n) is 10.8. The van der Waals surface area contributed by atoms with Crippen molar-refractivity contribution in [1.82, 2.24) is 10.1 Å². The largest absolute Gasteiger partial charge is 0.364 e. The quantitative estimate of drug-likeness (QED) is 0.848. The van der Waals surface area contributed by atoms with Gasteiger partial charge in [0.25, 0.3) is 0 Å². The molecule has 4 heteroatoms. The van der Waals surface area contributed by atoms with Gasteiger partial charge < -0.3 is 4.52 Å².